The molecule has 0 radical (unpaired) electrons. The summed E-state index contributed by atoms with van der Waals surface area (Å²) >= 11 is 0. The lowest BCUT2D eigenvalue weighted by atomic mass is 9.84. The van der Waals surface area contributed by atoms with Gasteiger partial charge in [0, 0.05) is 23.0 Å². The first-order valence-corrected chi connectivity index (χ1v) is 18.1. The first kappa shape index (κ1) is 34.3. The van der Waals surface area contributed by atoms with Crippen molar-refractivity contribution in [1.82, 2.24) is 0 Å². The minimum Gasteiger partial charge on any atom is -0.310 e. The van der Waals surface area contributed by atoms with Gasteiger partial charge in [-0.1, -0.05) is 169 Å². The van der Waals surface area contributed by atoms with Crippen molar-refractivity contribution in [2.24, 2.45) is 0 Å². The van der Waals surface area contributed by atoms with Crippen LogP contribution in [0.15, 0.2) is 170 Å². The van der Waals surface area contributed by atoms with E-state index >= 15 is 0 Å². The van der Waals surface area contributed by atoms with E-state index in [-0.39, 0.29) is 5.92 Å². The quantitative estimate of drug-likeness (QED) is 0.103. The van der Waals surface area contributed by atoms with Crippen LogP contribution in [-0.4, -0.2) is 0 Å². The molecule has 0 saturated heterocycles. The standard InChI is InChI=1S/C51H45N/c1-37-9-5-13-46(33-37)51(47-14-6-10-38(2)34-47)45-29-25-43(26-30-45)23-21-41-17-19-42(20-18-41)22-24-44-27-31-48(32-28-44)52(49-15-7-11-39(3)35-49)50-16-8-12-40(4)36-50/h5-36,51H,1-4H3/b23-21+,24-22+. The van der Waals surface area contributed by atoms with Crippen molar-refractivity contribution in [3.05, 3.63) is 231 Å². The fraction of sp³-hybridized carbons (Fsp3) is 0.0980. The average Bonchev–Trinajstić information content (AvgIpc) is 3.15. The molecule has 1 nitrogen and oxygen atoms in total. The average molecular weight is 672 g/mol. The first-order valence-electron chi connectivity index (χ1n) is 18.1. The van der Waals surface area contributed by atoms with Gasteiger partial charge in [0.05, 0.1) is 0 Å². The summed E-state index contributed by atoms with van der Waals surface area (Å²) in [5, 5.41) is 0. The molecule has 0 spiro atoms. The number of hydrogen-bond acceptors (Lipinski definition) is 1. The molecule has 0 bridgehead atoms. The van der Waals surface area contributed by atoms with Crippen LogP contribution in [0.5, 0.6) is 0 Å². The van der Waals surface area contributed by atoms with E-state index in [0.717, 1.165) is 22.6 Å². The minimum absolute atomic E-state index is 0.197. The second kappa shape index (κ2) is 15.8. The molecule has 7 aromatic carbocycles. The van der Waals surface area contributed by atoms with E-state index in [4.69, 9.17) is 0 Å². The summed E-state index contributed by atoms with van der Waals surface area (Å²) in [6.45, 7) is 8.62. The van der Waals surface area contributed by atoms with Crippen molar-refractivity contribution >= 4 is 41.4 Å². The lowest BCUT2D eigenvalue weighted by Gasteiger charge is -2.26. The molecule has 1 heteroatoms. The molecule has 7 rings (SSSR count). The second-order valence-electron chi connectivity index (χ2n) is 13.9. The van der Waals surface area contributed by atoms with Gasteiger partial charge in [-0.3, -0.25) is 0 Å². The van der Waals surface area contributed by atoms with Crippen molar-refractivity contribution in [3.8, 4) is 0 Å². The summed E-state index contributed by atoms with van der Waals surface area (Å²) < 4.78 is 0. The van der Waals surface area contributed by atoms with Crippen LogP contribution >= 0.6 is 0 Å². The minimum atomic E-state index is 0.197. The van der Waals surface area contributed by atoms with Crippen LogP contribution in [0.3, 0.4) is 0 Å². The second-order valence-corrected chi connectivity index (χ2v) is 13.9. The molecule has 0 aliphatic carbocycles. The van der Waals surface area contributed by atoms with Gasteiger partial charge in [-0.05, 0) is 114 Å². The van der Waals surface area contributed by atoms with Crippen molar-refractivity contribution < 1.29 is 0 Å². The van der Waals surface area contributed by atoms with Gasteiger partial charge in [0.2, 0.25) is 0 Å². The summed E-state index contributed by atoms with van der Waals surface area (Å²) in [6.07, 6.45) is 8.75. The highest BCUT2D eigenvalue weighted by Crippen LogP contribution is 2.36. The van der Waals surface area contributed by atoms with Gasteiger partial charge in [0.25, 0.3) is 0 Å². The van der Waals surface area contributed by atoms with Crippen LogP contribution in [0, 0.1) is 27.7 Å². The molecule has 0 aliphatic rings. The zero-order valence-corrected chi connectivity index (χ0v) is 30.5. The van der Waals surface area contributed by atoms with E-state index in [1.807, 2.05) is 0 Å². The Morgan fingerprint density at radius 2 is 0.673 bits per heavy atom. The Kier molecular flexibility index (Phi) is 10.4. The van der Waals surface area contributed by atoms with Gasteiger partial charge in [-0.25, -0.2) is 0 Å². The highest BCUT2D eigenvalue weighted by Gasteiger charge is 2.17. The summed E-state index contributed by atoms with van der Waals surface area (Å²) in [6, 6.07) is 61.6. The SMILES string of the molecule is Cc1cccc(C(c2ccc(/C=C/c3ccc(/C=C/c4ccc(N(c5cccc(C)c5)c5cccc(C)c5)cc4)cc3)cc2)c2cccc(C)c2)c1. The summed E-state index contributed by atoms with van der Waals surface area (Å²) in [7, 11) is 0. The molecule has 0 fully saturated rings. The van der Waals surface area contributed by atoms with Gasteiger partial charge in [0.15, 0.2) is 0 Å². The molecule has 0 aromatic heterocycles. The van der Waals surface area contributed by atoms with Crippen molar-refractivity contribution in [1.29, 1.82) is 0 Å². The maximum absolute atomic E-state index is 2.32. The lowest BCUT2D eigenvalue weighted by molar-refractivity contribution is 0.971. The Bertz CT molecular complexity index is 2060. The first-order chi connectivity index (χ1) is 25.4. The molecule has 0 unspecified atom stereocenters. The van der Waals surface area contributed by atoms with Crippen LogP contribution in [-0.2, 0) is 0 Å². The van der Waals surface area contributed by atoms with Crippen LogP contribution < -0.4 is 4.90 Å². The molecular weight excluding hydrogens is 627 g/mol. The molecule has 0 atom stereocenters. The highest BCUT2D eigenvalue weighted by molar-refractivity contribution is 5.79. The van der Waals surface area contributed by atoms with Crippen LogP contribution in [0.2, 0.25) is 0 Å². The molecule has 0 saturated carbocycles. The third-order valence-electron chi connectivity index (χ3n) is 9.56. The summed E-state index contributed by atoms with van der Waals surface area (Å²) in [5.74, 6) is 0.197. The molecule has 254 valence electrons. The normalized spacial score (nSPS) is 11.5. The van der Waals surface area contributed by atoms with E-state index in [9.17, 15) is 0 Å². The number of benzene rings is 7. The summed E-state index contributed by atoms with van der Waals surface area (Å²) in [4.78, 5) is 2.32. The number of anilines is 3. The highest BCUT2D eigenvalue weighted by atomic mass is 15.1. The smallest absolute Gasteiger partial charge is 0.0464 e. The van der Waals surface area contributed by atoms with Gasteiger partial charge in [-0.2, -0.15) is 0 Å². The predicted octanol–water partition coefficient (Wildman–Crippen LogP) is 13.9. The molecule has 52 heavy (non-hydrogen) atoms. The zero-order valence-electron chi connectivity index (χ0n) is 30.5. The Labute approximate surface area is 309 Å². The topological polar surface area (TPSA) is 3.24 Å². The molecule has 0 aliphatic heterocycles. The Hall–Kier alpha value is -6.18. The van der Waals surface area contributed by atoms with E-state index < -0.39 is 0 Å². The Balaban J connectivity index is 1.03. The fourth-order valence-electron chi connectivity index (χ4n) is 6.90. The van der Waals surface area contributed by atoms with Gasteiger partial charge in [0.1, 0.15) is 0 Å². The number of nitrogens with zero attached hydrogens (tertiary/aromatic N) is 1. The predicted molar refractivity (Wildman–Crippen MR) is 225 cm³/mol. The molecule has 7 aromatic rings. The van der Waals surface area contributed by atoms with Gasteiger partial charge < -0.3 is 4.90 Å². The van der Waals surface area contributed by atoms with E-state index in [2.05, 4.69) is 227 Å². The number of rotatable bonds is 10. The zero-order chi connectivity index (χ0) is 35.9. The van der Waals surface area contributed by atoms with Gasteiger partial charge in [-0.15, -0.1) is 0 Å². The summed E-state index contributed by atoms with van der Waals surface area (Å²) in [5.41, 5.74) is 17.1. The molecular formula is C51H45N. The van der Waals surface area contributed by atoms with Crippen LogP contribution in [0.4, 0.5) is 17.1 Å². The van der Waals surface area contributed by atoms with E-state index in [1.165, 1.54) is 55.6 Å². The van der Waals surface area contributed by atoms with E-state index in [1.54, 1.807) is 0 Å². The van der Waals surface area contributed by atoms with Crippen molar-refractivity contribution in [2.75, 3.05) is 4.90 Å². The third-order valence-corrected chi connectivity index (χ3v) is 9.56. The Morgan fingerprint density at radius 3 is 1.06 bits per heavy atom. The van der Waals surface area contributed by atoms with Gasteiger partial charge >= 0.3 is 0 Å². The van der Waals surface area contributed by atoms with Crippen LogP contribution in [0.1, 0.15) is 67.1 Å². The molecule has 0 amide bonds. The third kappa shape index (κ3) is 8.40. The monoisotopic (exact) mass is 671 g/mol. The van der Waals surface area contributed by atoms with Crippen molar-refractivity contribution in [2.45, 2.75) is 33.6 Å². The lowest BCUT2D eigenvalue weighted by Crippen LogP contribution is -2.10. The fourth-order valence-corrected chi connectivity index (χ4v) is 6.90. The molecule has 0 N–H and O–H groups in total. The van der Waals surface area contributed by atoms with Crippen LogP contribution in [0.25, 0.3) is 24.3 Å². The molecule has 0 heterocycles. The maximum Gasteiger partial charge on any atom is 0.0464 e. The number of aryl methyl sites for hydroxylation is 4. The Morgan fingerprint density at radius 1 is 0.327 bits per heavy atom. The van der Waals surface area contributed by atoms with Crippen molar-refractivity contribution in [3.63, 3.8) is 0 Å². The largest absolute Gasteiger partial charge is 0.310 e. The number of hydrogen-bond donors (Lipinski definition) is 0. The van der Waals surface area contributed by atoms with E-state index in [0.29, 0.717) is 0 Å². The maximum atomic E-state index is 2.32.